The number of nitrogens with zero attached hydrogens (tertiary/aromatic N) is 1. The Balaban J connectivity index is 2.73. The molecule has 1 rings (SSSR count). The zero-order valence-electron chi connectivity index (χ0n) is 7.66. The lowest BCUT2D eigenvalue weighted by Gasteiger charge is -2.02. The van der Waals surface area contributed by atoms with Crippen LogP contribution in [0.25, 0.3) is 0 Å². The van der Waals surface area contributed by atoms with Crippen LogP contribution >= 0.6 is 11.8 Å². The van der Waals surface area contributed by atoms with Crippen molar-refractivity contribution in [2.24, 2.45) is 5.73 Å². The number of hydrogen-bond donors (Lipinski definition) is 1. The van der Waals surface area contributed by atoms with Gasteiger partial charge in [-0.15, -0.1) is 0 Å². The third kappa shape index (κ3) is 3.02. The third-order valence-electron chi connectivity index (χ3n) is 1.71. The Hall–Kier alpha value is -1.05. The summed E-state index contributed by atoms with van der Waals surface area (Å²) in [5.41, 5.74) is 6.61. The summed E-state index contributed by atoms with van der Waals surface area (Å²) < 4.78 is 12.8. The van der Waals surface area contributed by atoms with E-state index in [1.807, 2.05) is 6.07 Å². The fourth-order valence-corrected chi connectivity index (χ4v) is 1.83. The highest BCUT2D eigenvalue weighted by molar-refractivity contribution is 7.98. The zero-order chi connectivity index (χ0) is 10.4. The summed E-state index contributed by atoms with van der Waals surface area (Å²) in [5.74, 6) is 1.16. The number of nitriles is 1. The number of thioether (sulfide) groups is 1. The predicted molar refractivity (Wildman–Crippen MR) is 56.3 cm³/mol. The molecule has 1 aromatic carbocycles. The van der Waals surface area contributed by atoms with E-state index in [4.69, 9.17) is 11.0 Å². The fraction of sp³-hybridized carbons (Fsp3) is 0.300. The van der Waals surface area contributed by atoms with Crippen molar-refractivity contribution in [3.63, 3.8) is 0 Å². The molecular formula is C10H11FN2S. The molecule has 0 saturated heterocycles. The molecule has 0 fully saturated rings. The maximum Gasteiger partial charge on any atom is 0.123 e. The van der Waals surface area contributed by atoms with Crippen molar-refractivity contribution in [2.75, 3.05) is 12.3 Å². The van der Waals surface area contributed by atoms with Gasteiger partial charge in [-0.05, 0) is 23.8 Å². The van der Waals surface area contributed by atoms with Crippen molar-refractivity contribution in [1.29, 1.82) is 5.26 Å². The van der Waals surface area contributed by atoms with E-state index in [0.29, 0.717) is 17.9 Å². The Morgan fingerprint density at radius 2 is 2.29 bits per heavy atom. The Labute approximate surface area is 86.9 Å². The van der Waals surface area contributed by atoms with Crippen molar-refractivity contribution >= 4 is 11.8 Å². The van der Waals surface area contributed by atoms with Crippen LogP contribution in [0.15, 0.2) is 18.2 Å². The van der Waals surface area contributed by atoms with E-state index in [1.54, 1.807) is 11.8 Å². The van der Waals surface area contributed by atoms with Crippen molar-refractivity contribution < 1.29 is 4.39 Å². The molecule has 0 atom stereocenters. The number of hydrogen-bond acceptors (Lipinski definition) is 3. The molecule has 14 heavy (non-hydrogen) atoms. The van der Waals surface area contributed by atoms with E-state index in [-0.39, 0.29) is 5.82 Å². The van der Waals surface area contributed by atoms with Crippen molar-refractivity contribution in [1.82, 2.24) is 0 Å². The van der Waals surface area contributed by atoms with Crippen molar-refractivity contribution in [3.8, 4) is 6.07 Å². The standard InChI is InChI=1S/C10H11FN2S/c11-10-2-1-8(6-13)9(5-10)7-14-4-3-12/h1-2,5H,3-4,7,12H2. The number of benzene rings is 1. The van der Waals surface area contributed by atoms with Gasteiger partial charge in [0.1, 0.15) is 5.82 Å². The molecule has 0 saturated carbocycles. The largest absolute Gasteiger partial charge is 0.330 e. The molecule has 0 amide bonds. The Bertz CT molecular complexity index is 346. The summed E-state index contributed by atoms with van der Waals surface area (Å²) in [6, 6.07) is 6.25. The van der Waals surface area contributed by atoms with Gasteiger partial charge in [0.25, 0.3) is 0 Å². The molecule has 4 heteroatoms. The molecule has 0 spiro atoms. The minimum absolute atomic E-state index is 0.299. The summed E-state index contributed by atoms with van der Waals surface area (Å²) in [6.45, 7) is 0.599. The Morgan fingerprint density at radius 3 is 2.93 bits per heavy atom. The van der Waals surface area contributed by atoms with Crippen LogP contribution in [-0.4, -0.2) is 12.3 Å². The molecule has 1 aromatic rings. The van der Waals surface area contributed by atoms with E-state index in [2.05, 4.69) is 0 Å². The van der Waals surface area contributed by atoms with E-state index in [0.717, 1.165) is 11.3 Å². The van der Waals surface area contributed by atoms with E-state index < -0.39 is 0 Å². The van der Waals surface area contributed by atoms with Crippen molar-refractivity contribution in [2.45, 2.75) is 5.75 Å². The molecule has 2 nitrogen and oxygen atoms in total. The normalized spacial score (nSPS) is 9.79. The number of nitrogens with two attached hydrogens (primary N) is 1. The number of halogens is 1. The van der Waals surface area contributed by atoms with Gasteiger partial charge in [0, 0.05) is 18.1 Å². The summed E-state index contributed by atoms with van der Waals surface area (Å²) in [7, 11) is 0. The molecule has 0 aliphatic heterocycles. The zero-order valence-corrected chi connectivity index (χ0v) is 8.48. The first-order chi connectivity index (χ1) is 6.77. The van der Waals surface area contributed by atoms with Crippen LogP contribution in [0.4, 0.5) is 4.39 Å². The van der Waals surface area contributed by atoms with Crippen molar-refractivity contribution in [3.05, 3.63) is 35.1 Å². The number of rotatable bonds is 4. The van der Waals surface area contributed by atoms with E-state index >= 15 is 0 Å². The highest BCUT2D eigenvalue weighted by Gasteiger charge is 2.03. The lowest BCUT2D eigenvalue weighted by Crippen LogP contribution is -2.01. The van der Waals surface area contributed by atoms with E-state index in [9.17, 15) is 4.39 Å². The second kappa shape index (κ2) is 5.63. The highest BCUT2D eigenvalue weighted by atomic mass is 32.2. The second-order valence-corrected chi connectivity index (χ2v) is 3.86. The molecule has 0 radical (unpaired) electrons. The molecule has 0 unspecified atom stereocenters. The fourth-order valence-electron chi connectivity index (χ4n) is 1.06. The van der Waals surface area contributed by atoms with E-state index in [1.165, 1.54) is 18.2 Å². The van der Waals surface area contributed by atoms with Crippen LogP contribution in [0, 0.1) is 17.1 Å². The highest BCUT2D eigenvalue weighted by Crippen LogP contribution is 2.17. The average Bonchev–Trinajstić information content (AvgIpc) is 2.19. The van der Waals surface area contributed by atoms with Crippen LogP contribution in [0.2, 0.25) is 0 Å². The van der Waals surface area contributed by atoms with Crippen LogP contribution in [0.3, 0.4) is 0 Å². The summed E-state index contributed by atoms with van der Waals surface area (Å²) in [6.07, 6.45) is 0. The van der Waals surface area contributed by atoms with Gasteiger partial charge in [-0.25, -0.2) is 4.39 Å². The predicted octanol–water partition coefficient (Wildman–Crippen LogP) is 1.89. The van der Waals surface area contributed by atoms with Gasteiger partial charge < -0.3 is 5.73 Å². The van der Waals surface area contributed by atoms with Gasteiger partial charge >= 0.3 is 0 Å². The Morgan fingerprint density at radius 1 is 1.50 bits per heavy atom. The smallest absolute Gasteiger partial charge is 0.123 e. The summed E-state index contributed by atoms with van der Waals surface area (Å²) in [4.78, 5) is 0. The lowest BCUT2D eigenvalue weighted by atomic mass is 10.1. The lowest BCUT2D eigenvalue weighted by molar-refractivity contribution is 0.626. The van der Waals surface area contributed by atoms with Gasteiger partial charge in [-0.2, -0.15) is 17.0 Å². The van der Waals surface area contributed by atoms with Gasteiger partial charge in [0.15, 0.2) is 0 Å². The van der Waals surface area contributed by atoms with Gasteiger partial charge in [0.05, 0.1) is 11.6 Å². The molecule has 0 aromatic heterocycles. The monoisotopic (exact) mass is 210 g/mol. The molecule has 0 heterocycles. The molecule has 2 N–H and O–H groups in total. The van der Waals surface area contributed by atoms with Crippen LogP contribution < -0.4 is 5.73 Å². The average molecular weight is 210 g/mol. The quantitative estimate of drug-likeness (QED) is 0.772. The molecule has 0 bridgehead atoms. The van der Waals surface area contributed by atoms with Gasteiger partial charge in [-0.1, -0.05) is 0 Å². The van der Waals surface area contributed by atoms with Gasteiger partial charge in [-0.3, -0.25) is 0 Å². The SMILES string of the molecule is N#Cc1ccc(F)cc1CSCCN. The summed E-state index contributed by atoms with van der Waals surface area (Å²) >= 11 is 1.60. The first-order valence-corrected chi connectivity index (χ1v) is 5.39. The minimum atomic E-state index is -0.299. The topological polar surface area (TPSA) is 49.8 Å². The minimum Gasteiger partial charge on any atom is -0.330 e. The molecule has 0 aliphatic carbocycles. The Kier molecular flexibility index (Phi) is 4.44. The van der Waals surface area contributed by atoms with Crippen LogP contribution in [-0.2, 0) is 5.75 Å². The van der Waals surface area contributed by atoms with Gasteiger partial charge in [0.2, 0.25) is 0 Å². The summed E-state index contributed by atoms with van der Waals surface area (Å²) in [5, 5.41) is 8.76. The molecular weight excluding hydrogens is 199 g/mol. The van der Waals surface area contributed by atoms with Crippen LogP contribution in [0.1, 0.15) is 11.1 Å². The molecule has 0 aliphatic rings. The van der Waals surface area contributed by atoms with Crippen LogP contribution in [0.5, 0.6) is 0 Å². The third-order valence-corrected chi connectivity index (χ3v) is 2.75. The molecule has 74 valence electrons. The maximum atomic E-state index is 12.8. The first-order valence-electron chi connectivity index (χ1n) is 4.24. The maximum absolute atomic E-state index is 12.8. The second-order valence-electron chi connectivity index (χ2n) is 2.75. The first kappa shape index (κ1) is 11.0.